The monoisotopic (exact) mass is 332 g/mol. The van der Waals surface area contributed by atoms with Crippen molar-refractivity contribution in [2.75, 3.05) is 19.7 Å². The number of ether oxygens (including phenoxy) is 1. The molecule has 3 rings (SSSR count). The Morgan fingerprint density at radius 2 is 2.04 bits per heavy atom. The number of nitrogens with zero attached hydrogens (tertiary/aromatic N) is 4. The fraction of sp³-hybridized carbons (Fsp3) is 0.500. The molecule has 1 amide bonds. The minimum absolute atomic E-state index is 0.0314. The van der Waals surface area contributed by atoms with Crippen molar-refractivity contribution in [3.05, 3.63) is 38.9 Å². The predicted molar refractivity (Wildman–Crippen MR) is 87.7 cm³/mol. The molecule has 0 radical (unpaired) electrons. The molecule has 6 nitrogen and oxygen atoms in total. The Balaban J connectivity index is 1.80. The van der Waals surface area contributed by atoms with Gasteiger partial charge in [-0.25, -0.2) is 15.0 Å². The quantitative estimate of drug-likeness (QED) is 0.844. The van der Waals surface area contributed by atoms with Gasteiger partial charge in [0.1, 0.15) is 16.8 Å². The maximum absolute atomic E-state index is 12.8. The van der Waals surface area contributed by atoms with Crippen LogP contribution in [0.2, 0.25) is 0 Å². The van der Waals surface area contributed by atoms with Gasteiger partial charge in [0.15, 0.2) is 0 Å². The van der Waals surface area contributed by atoms with Gasteiger partial charge >= 0.3 is 0 Å². The summed E-state index contributed by atoms with van der Waals surface area (Å²) in [6.45, 7) is 9.21. The van der Waals surface area contributed by atoms with Gasteiger partial charge < -0.3 is 9.64 Å². The lowest BCUT2D eigenvalue weighted by atomic mass is 10.1. The third-order valence-electron chi connectivity index (χ3n) is 3.77. The number of rotatable bonds is 2. The lowest BCUT2D eigenvalue weighted by Crippen LogP contribution is -2.42. The van der Waals surface area contributed by atoms with Gasteiger partial charge in [0.2, 0.25) is 0 Å². The van der Waals surface area contributed by atoms with Crippen molar-refractivity contribution < 1.29 is 9.53 Å². The smallest absolute Gasteiger partial charge is 0.266 e. The maximum Gasteiger partial charge on any atom is 0.266 e. The number of hydrogen-bond donors (Lipinski definition) is 0. The van der Waals surface area contributed by atoms with Crippen LogP contribution < -0.4 is 0 Å². The average Bonchev–Trinajstić information content (AvgIpc) is 2.84. The van der Waals surface area contributed by atoms with E-state index < -0.39 is 0 Å². The van der Waals surface area contributed by atoms with E-state index in [-0.39, 0.29) is 12.0 Å². The van der Waals surface area contributed by atoms with Crippen LogP contribution in [0.1, 0.15) is 43.7 Å². The third kappa shape index (κ3) is 3.40. The number of hydrogen-bond acceptors (Lipinski definition) is 6. The molecule has 1 saturated heterocycles. The van der Waals surface area contributed by atoms with Gasteiger partial charge in [0, 0.05) is 12.2 Å². The summed E-state index contributed by atoms with van der Waals surface area (Å²) >= 11 is 1.45. The molecular weight excluding hydrogens is 312 g/mol. The second kappa shape index (κ2) is 6.33. The standard InChI is InChI=1S/C16H20N4O2S/c1-9-7-13(19-11(3)17-9)14-8-20(5-6-22-14)16(21)15-10(2)18-12(4)23-15/h7,14H,5-6,8H2,1-4H3. The summed E-state index contributed by atoms with van der Waals surface area (Å²) in [6, 6.07) is 1.92. The van der Waals surface area contributed by atoms with Crippen molar-refractivity contribution in [1.82, 2.24) is 19.9 Å². The van der Waals surface area contributed by atoms with E-state index in [0.717, 1.165) is 32.8 Å². The lowest BCUT2D eigenvalue weighted by Gasteiger charge is -2.32. The highest BCUT2D eigenvalue weighted by Gasteiger charge is 2.29. The topological polar surface area (TPSA) is 68.2 Å². The molecule has 1 fully saturated rings. The minimum atomic E-state index is -0.206. The molecule has 0 spiro atoms. The second-order valence-electron chi connectivity index (χ2n) is 5.74. The molecule has 23 heavy (non-hydrogen) atoms. The van der Waals surface area contributed by atoms with E-state index in [4.69, 9.17) is 4.74 Å². The largest absolute Gasteiger partial charge is 0.368 e. The third-order valence-corrected chi connectivity index (χ3v) is 4.83. The van der Waals surface area contributed by atoms with Crippen molar-refractivity contribution in [3.8, 4) is 0 Å². The molecule has 1 aliphatic heterocycles. The molecule has 2 aromatic heterocycles. The SMILES string of the molecule is Cc1cc(C2CN(C(=O)c3sc(C)nc3C)CCO2)nc(C)n1. The molecular formula is C16H20N4O2S. The maximum atomic E-state index is 12.8. The van der Waals surface area contributed by atoms with Crippen molar-refractivity contribution in [3.63, 3.8) is 0 Å². The van der Waals surface area contributed by atoms with Crippen molar-refractivity contribution in [2.24, 2.45) is 0 Å². The van der Waals surface area contributed by atoms with Crippen LogP contribution in [0.15, 0.2) is 6.07 Å². The number of aromatic nitrogens is 3. The summed E-state index contributed by atoms with van der Waals surface area (Å²) in [6.07, 6.45) is -0.206. The van der Waals surface area contributed by atoms with E-state index >= 15 is 0 Å². The van der Waals surface area contributed by atoms with E-state index in [1.807, 2.05) is 38.7 Å². The van der Waals surface area contributed by atoms with E-state index in [9.17, 15) is 4.79 Å². The summed E-state index contributed by atoms with van der Waals surface area (Å²) in [5.74, 6) is 0.755. The van der Waals surface area contributed by atoms with Crippen molar-refractivity contribution in [1.29, 1.82) is 0 Å². The van der Waals surface area contributed by atoms with Gasteiger partial charge in [0.05, 0.1) is 29.5 Å². The first kappa shape index (κ1) is 16.0. The fourth-order valence-electron chi connectivity index (χ4n) is 2.80. The van der Waals surface area contributed by atoms with Gasteiger partial charge in [-0.05, 0) is 33.8 Å². The Bertz CT molecular complexity index is 723. The molecule has 1 aliphatic rings. The van der Waals surface area contributed by atoms with Crippen LogP contribution in [0.4, 0.5) is 0 Å². The first-order chi connectivity index (χ1) is 10.9. The van der Waals surface area contributed by atoms with Crippen LogP contribution in [0.5, 0.6) is 0 Å². The van der Waals surface area contributed by atoms with Gasteiger partial charge in [-0.15, -0.1) is 11.3 Å². The zero-order chi connectivity index (χ0) is 16.6. The zero-order valence-electron chi connectivity index (χ0n) is 13.8. The Morgan fingerprint density at radius 3 is 2.70 bits per heavy atom. The van der Waals surface area contributed by atoms with E-state index in [0.29, 0.717) is 19.7 Å². The number of aryl methyl sites for hydroxylation is 4. The van der Waals surface area contributed by atoms with Crippen molar-refractivity contribution >= 4 is 17.2 Å². The molecule has 0 N–H and O–H groups in total. The van der Waals surface area contributed by atoms with Crippen LogP contribution in [-0.4, -0.2) is 45.5 Å². The van der Waals surface area contributed by atoms with Gasteiger partial charge in [-0.1, -0.05) is 0 Å². The average molecular weight is 332 g/mol. The first-order valence-electron chi connectivity index (χ1n) is 7.61. The molecule has 1 unspecified atom stereocenters. The highest BCUT2D eigenvalue weighted by atomic mass is 32.1. The molecule has 122 valence electrons. The zero-order valence-corrected chi connectivity index (χ0v) is 14.6. The number of thiazole rings is 1. The van der Waals surface area contributed by atoms with E-state index in [1.165, 1.54) is 11.3 Å². The van der Waals surface area contributed by atoms with E-state index in [2.05, 4.69) is 15.0 Å². The Hall–Kier alpha value is -1.86. The Kier molecular flexibility index (Phi) is 4.41. The van der Waals surface area contributed by atoms with Crippen LogP contribution in [-0.2, 0) is 4.74 Å². The van der Waals surface area contributed by atoms with Gasteiger partial charge in [0.25, 0.3) is 5.91 Å². The normalized spacial score (nSPS) is 18.3. The molecule has 2 aromatic rings. The summed E-state index contributed by atoms with van der Waals surface area (Å²) in [7, 11) is 0. The Labute approximate surface area is 139 Å². The molecule has 3 heterocycles. The van der Waals surface area contributed by atoms with Crippen LogP contribution >= 0.6 is 11.3 Å². The molecule has 7 heteroatoms. The lowest BCUT2D eigenvalue weighted by molar-refractivity contribution is -0.0247. The Morgan fingerprint density at radius 1 is 1.26 bits per heavy atom. The summed E-state index contributed by atoms with van der Waals surface area (Å²) in [4.78, 5) is 28.4. The second-order valence-corrected chi connectivity index (χ2v) is 6.94. The first-order valence-corrected chi connectivity index (χ1v) is 8.43. The molecule has 0 bridgehead atoms. The van der Waals surface area contributed by atoms with Crippen LogP contribution in [0.3, 0.4) is 0 Å². The fourth-order valence-corrected chi connectivity index (χ4v) is 3.68. The highest BCUT2D eigenvalue weighted by molar-refractivity contribution is 7.13. The molecule has 0 aliphatic carbocycles. The number of amides is 1. The van der Waals surface area contributed by atoms with Crippen molar-refractivity contribution in [2.45, 2.75) is 33.8 Å². The summed E-state index contributed by atoms with van der Waals surface area (Å²) < 4.78 is 5.83. The van der Waals surface area contributed by atoms with E-state index in [1.54, 1.807) is 0 Å². The number of morpholine rings is 1. The summed E-state index contributed by atoms with van der Waals surface area (Å²) in [5.41, 5.74) is 2.55. The summed E-state index contributed by atoms with van der Waals surface area (Å²) in [5, 5.41) is 0.915. The molecule has 1 atom stereocenters. The minimum Gasteiger partial charge on any atom is -0.368 e. The highest BCUT2D eigenvalue weighted by Crippen LogP contribution is 2.25. The number of carbonyl (C=O) groups excluding carboxylic acids is 1. The van der Waals surface area contributed by atoms with Gasteiger partial charge in [-0.2, -0.15) is 0 Å². The molecule has 0 saturated carbocycles. The predicted octanol–water partition coefficient (Wildman–Crippen LogP) is 2.38. The van der Waals surface area contributed by atoms with Gasteiger partial charge in [-0.3, -0.25) is 4.79 Å². The van der Waals surface area contributed by atoms with Crippen LogP contribution in [0, 0.1) is 27.7 Å². The number of carbonyl (C=O) groups is 1. The molecule has 0 aromatic carbocycles. The van der Waals surface area contributed by atoms with Crippen LogP contribution in [0.25, 0.3) is 0 Å².